The molecule has 148 valence electrons. The van der Waals surface area contributed by atoms with Crippen molar-refractivity contribution in [3.63, 3.8) is 0 Å². The first kappa shape index (κ1) is 20.7. The Labute approximate surface area is 159 Å². The first-order valence-corrected chi connectivity index (χ1v) is 9.36. The van der Waals surface area contributed by atoms with Crippen LogP contribution in [0.15, 0.2) is 18.5 Å². The molecule has 0 radical (unpaired) electrons. The van der Waals surface area contributed by atoms with Gasteiger partial charge in [-0.25, -0.2) is 14.5 Å². The van der Waals surface area contributed by atoms with E-state index < -0.39 is 6.09 Å². The molecule has 0 spiro atoms. The molecule has 2 aromatic rings. The summed E-state index contributed by atoms with van der Waals surface area (Å²) in [5.41, 5.74) is 1.22. The summed E-state index contributed by atoms with van der Waals surface area (Å²) in [7, 11) is 0. The topological polar surface area (TPSA) is 98.1 Å². The van der Waals surface area contributed by atoms with Crippen LogP contribution in [0.5, 0.6) is 0 Å². The SMILES string of the molecule is CCOC(=O)NC(CNC(=O)c1cnc2c(cnn2C(C)C)c1)CC(C)C. The van der Waals surface area contributed by atoms with Gasteiger partial charge in [0.15, 0.2) is 5.65 Å². The second-order valence-corrected chi connectivity index (χ2v) is 7.22. The molecule has 2 N–H and O–H groups in total. The number of pyridine rings is 1. The van der Waals surface area contributed by atoms with Gasteiger partial charge in [0.05, 0.1) is 18.4 Å². The van der Waals surface area contributed by atoms with Gasteiger partial charge in [0.25, 0.3) is 5.91 Å². The van der Waals surface area contributed by atoms with Crippen LogP contribution in [-0.4, -0.2) is 46.0 Å². The molecule has 0 aliphatic rings. The fourth-order valence-corrected chi connectivity index (χ4v) is 2.86. The van der Waals surface area contributed by atoms with Crippen molar-refractivity contribution in [1.82, 2.24) is 25.4 Å². The number of carbonyl (C=O) groups is 2. The van der Waals surface area contributed by atoms with E-state index in [2.05, 4.69) is 34.6 Å². The summed E-state index contributed by atoms with van der Waals surface area (Å²) in [5, 5.41) is 10.8. The Morgan fingerprint density at radius 1 is 1.22 bits per heavy atom. The van der Waals surface area contributed by atoms with Crippen LogP contribution in [0.25, 0.3) is 11.0 Å². The first-order chi connectivity index (χ1) is 12.8. The summed E-state index contributed by atoms with van der Waals surface area (Å²) >= 11 is 0. The molecule has 0 aliphatic heterocycles. The number of hydrogen-bond acceptors (Lipinski definition) is 5. The van der Waals surface area contributed by atoms with Crippen LogP contribution in [0.4, 0.5) is 4.79 Å². The quantitative estimate of drug-likeness (QED) is 0.739. The van der Waals surface area contributed by atoms with Gasteiger partial charge in [-0.3, -0.25) is 4.79 Å². The fourth-order valence-electron chi connectivity index (χ4n) is 2.86. The third-order valence-corrected chi connectivity index (χ3v) is 4.05. The van der Waals surface area contributed by atoms with E-state index in [1.807, 2.05) is 18.5 Å². The molecule has 8 heteroatoms. The van der Waals surface area contributed by atoms with E-state index in [1.54, 1.807) is 25.4 Å². The Bertz CT molecular complexity index is 785. The third kappa shape index (κ3) is 5.67. The van der Waals surface area contributed by atoms with Crippen molar-refractivity contribution in [3.05, 3.63) is 24.0 Å². The highest BCUT2D eigenvalue weighted by Crippen LogP contribution is 2.16. The molecule has 1 atom stereocenters. The van der Waals surface area contributed by atoms with E-state index >= 15 is 0 Å². The zero-order chi connectivity index (χ0) is 20.0. The van der Waals surface area contributed by atoms with Gasteiger partial charge >= 0.3 is 6.09 Å². The van der Waals surface area contributed by atoms with Crippen molar-refractivity contribution in [2.45, 2.75) is 53.1 Å². The van der Waals surface area contributed by atoms with E-state index in [9.17, 15) is 9.59 Å². The number of nitrogens with one attached hydrogen (secondary N) is 2. The lowest BCUT2D eigenvalue weighted by Crippen LogP contribution is -2.44. The molecule has 0 fully saturated rings. The summed E-state index contributed by atoms with van der Waals surface area (Å²) in [6.07, 6.45) is 3.52. The van der Waals surface area contributed by atoms with Gasteiger partial charge in [-0.15, -0.1) is 0 Å². The minimum Gasteiger partial charge on any atom is -0.450 e. The Hall–Kier alpha value is -2.64. The minimum atomic E-state index is -0.471. The number of amides is 2. The van der Waals surface area contributed by atoms with Crippen molar-refractivity contribution in [2.75, 3.05) is 13.2 Å². The molecule has 2 aromatic heterocycles. The number of nitrogens with zero attached hydrogens (tertiary/aromatic N) is 3. The number of rotatable bonds is 8. The number of aromatic nitrogens is 3. The maximum Gasteiger partial charge on any atom is 0.407 e. The van der Waals surface area contributed by atoms with Gasteiger partial charge < -0.3 is 15.4 Å². The Balaban J connectivity index is 2.03. The zero-order valence-electron chi connectivity index (χ0n) is 16.7. The average Bonchev–Trinajstić information content (AvgIpc) is 3.02. The van der Waals surface area contributed by atoms with Crippen molar-refractivity contribution in [2.24, 2.45) is 5.92 Å². The lowest BCUT2D eigenvalue weighted by molar-refractivity contribution is 0.0944. The molecule has 2 amide bonds. The summed E-state index contributed by atoms with van der Waals surface area (Å²) < 4.78 is 6.75. The Kier molecular flexibility index (Phi) is 7.15. The maximum absolute atomic E-state index is 12.5. The smallest absolute Gasteiger partial charge is 0.407 e. The molecular formula is C19H29N5O3. The minimum absolute atomic E-state index is 0.195. The van der Waals surface area contributed by atoms with Crippen LogP contribution >= 0.6 is 0 Å². The Morgan fingerprint density at radius 3 is 2.59 bits per heavy atom. The van der Waals surface area contributed by atoms with Crippen molar-refractivity contribution < 1.29 is 14.3 Å². The number of ether oxygens (including phenoxy) is 1. The van der Waals surface area contributed by atoms with Crippen LogP contribution in [0.1, 0.15) is 57.4 Å². The lowest BCUT2D eigenvalue weighted by Gasteiger charge is -2.20. The van der Waals surface area contributed by atoms with Gasteiger partial charge in [-0.1, -0.05) is 13.8 Å². The Morgan fingerprint density at radius 2 is 1.96 bits per heavy atom. The summed E-state index contributed by atoms with van der Waals surface area (Å²) in [6.45, 7) is 10.6. The van der Waals surface area contributed by atoms with E-state index in [4.69, 9.17) is 4.74 Å². The lowest BCUT2D eigenvalue weighted by atomic mass is 10.0. The van der Waals surface area contributed by atoms with Crippen LogP contribution in [0, 0.1) is 5.92 Å². The first-order valence-electron chi connectivity index (χ1n) is 9.36. The molecule has 0 saturated heterocycles. The molecule has 0 aromatic carbocycles. The summed E-state index contributed by atoms with van der Waals surface area (Å²) in [6, 6.07) is 1.77. The second-order valence-electron chi connectivity index (χ2n) is 7.22. The van der Waals surface area contributed by atoms with Crippen LogP contribution in [-0.2, 0) is 4.74 Å². The highest BCUT2D eigenvalue weighted by atomic mass is 16.5. The number of fused-ring (bicyclic) bond motifs is 1. The second kappa shape index (κ2) is 9.34. The number of carbonyl (C=O) groups excluding carboxylic acids is 2. The highest BCUT2D eigenvalue weighted by molar-refractivity contribution is 5.96. The maximum atomic E-state index is 12.5. The fraction of sp³-hybridized carbons (Fsp3) is 0.579. The largest absolute Gasteiger partial charge is 0.450 e. The van der Waals surface area contributed by atoms with E-state index in [0.29, 0.717) is 24.6 Å². The third-order valence-electron chi connectivity index (χ3n) is 4.05. The molecule has 2 heterocycles. The molecule has 1 unspecified atom stereocenters. The van der Waals surface area contributed by atoms with Crippen LogP contribution in [0.3, 0.4) is 0 Å². The molecule has 27 heavy (non-hydrogen) atoms. The van der Waals surface area contributed by atoms with Gasteiger partial charge in [0.1, 0.15) is 0 Å². The number of alkyl carbamates (subject to hydrolysis) is 1. The monoisotopic (exact) mass is 375 g/mol. The van der Waals surface area contributed by atoms with Gasteiger partial charge in [0, 0.05) is 30.2 Å². The zero-order valence-corrected chi connectivity index (χ0v) is 16.7. The number of hydrogen-bond donors (Lipinski definition) is 2. The van der Waals surface area contributed by atoms with Crippen molar-refractivity contribution in [1.29, 1.82) is 0 Å². The molecule has 0 bridgehead atoms. The van der Waals surface area contributed by atoms with E-state index in [0.717, 1.165) is 17.5 Å². The normalized spacial score (nSPS) is 12.4. The molecule has 8 nitrogen and oxygen atoms in total. The van der Waals surface area contributed by atoms with E-state index in [1.165, 1.54) is 0 Å². The standard InChI is InChI=1S/C19H29N5O3/c1-6-27-19(26)23-16(7-12(2)3)11-21-18(25)15-8-14-10-22-24(13(4)5)17(14)20-9-15/h8-10,12-13,16H,6-7,11H2,1-5H3,(H,21,25)(H,23,26). The summed E-state index contributed by atoms with van der Waals surface area (Å²) in [4.78, 5) is 28.6. The molecule has 0 saturated carbocycles. The van der Waals surface area contributed by atoms with Gasteiger partial charge in [-0.05, 0) is 39.2 Å². The molecule has 2 rings (SSSR count). The van der Waals surface area contributed by atoms with E-state index in [-0.39, 0.29) is 18.0 Å². The molecule has 0 aliphatic carbocycles. The predicted molar refractivity (Wildman–Crippen MR) is 104 cm³/mol. The highest BCUT2D eigenvalue weighted by Gasteiger charge is 2.17. The average molecular weight is 375 g/mol. The van der Waals surface area contributed by atoms with Gasteiger partial charge in [0.2, 0.25) is 0 Å². The van der Waals surface area contributed by atoms with Crippen molar-refractivity contribution >= 4 is 23.0 Å². The van der Waals surface area contributed by atoms with Crippen LogP contribution < -0.4 is 10.6 Å². The predicted octanol–water partition coefficient (Wildman–Crippen LogP) is 2.90. The summed E-state index contributed by atoms with van der Waals surface area (Å²) in [5.74, 6) is 0.134. The van der Waals surface area contributed by atoms with Crippen LogP contribution in [0.2, 0.25) is 0 Å². The molecular weight excluding hydrogens is 346 g/mol. The van der Waals surface area contributed by atoms with Crippen molar-refractivity contribution in [3.8, 4) is 0 Å². The van der Waals surface area contributed by atoms with Gasteiger partial charge in [-0.2, -0.15) is 5.10 Å².